The maximum atomic E-state index is 6.06. The lowest BCUT2D eigenvalue weighted by molar-refractivity contribution is 0.794. The van der Waals surface area contributed by atoms with Crippen molar-refractivity contribution in [1.29, 1.82) is 0 Å². The van der Waals surface area contributed by atoms with Gasteiger partial charge in [0.1, 0.15) is 0 Å². The fourth-order valence-corrected chi connectivity index (χ4v) is 3.41. The fraction of sp³-hybridized carbons (Fsp3) is 0.222. The second-order valence-corrected chi connectivity index (χ2v) is 6.96. The Morgan fingerprint density at radius 2 is 1.87 bits per heavy atom. The van der Waals surface area contributed by atoms with E-state index in [1.165, 1.54) is 16.7 Å². The molecule has 0 aliphatic rings. The maximum absolute atomic E-state index is 6.06. The molecule has 0 saturated carbocycles. The second-order valence-electron chi connectivity index (χ2n) is 5.58. The van der Waals surface area contributed by atoms with E-state index >= 15 is 0 Å². The van der Waals surface area contributed by atoms with Crippen molar-refractivity contribution in [3.63, 3.8) is 0 Å². The summed E-state index contributed by atoms with van der Waals surface area (Å²) >= 11 is 7.75. The van der Waals surface area contributed by atoms with Gasteiger partial charge in [0, 0.05) is 23.4 Å². The van der Waals surface area contributed by atoms with Crippen molar-refractivity contribution in [2.75, 3.05) is 0 Å². The quantitative estimate of drug-likeness (QED) is 0.621. The van der Waals surface area contributed by atoms with Gasteiger partial charge in [-0.3, -0.25) is 0 Å². The lowest BCUT2D eigenvalue weighted by atomic mass is 10.1. The summed E-state index contributed by atoms with van der Waals surface area (Å²) in [6, 6.07) is 14.3. The van der Waals surface area contributed by atoms with Gasteiger partial charge in [0.05, 0.1) is 0 Å². The van der Waals surface area contributed by atoms with Crippen LogP contribution in [-0.2, 0) is 12.8 Å². The minimum absolute atomic E-state index is 0.704. The van der Waals surface area contributed by atoms with E-state index in [4.69, 9.17) is 11.6 Å². The number of halogens is 1. The summed E-state index contributed by atoms with van der Waals surface area (Å²) in [5.74, 6) is 1.71. The second kappa shape index (κ2) is 6.77. The van der Waals surface area contributed by atoms with Gasteiger partial charge in [-0.2, -0.15) is 0 Å². The van der Waals surface area contributed by atoms with Crippen molar-refractivity contribution in [1.82, 2.24) is 14.8 Å². The third-order valence-corrected chi connectivity index (χ3v) is 5.18. The first-order valence-electron chi connectivity index (χ1n) is 7.39. The standard InChI is InChI=1S/C18H18ClN3S/c1-12-7-8-14(9-13(12)2)11-23-18-21-20-17(22(18)3)15-5-4-6-16(19)10-15/h4-10H,11H2,1-3H3. The average Bonchev–Trinajstić information content (AvgIpc) is 2.89. The van der Waals surface area contributed by atoms with E-state index < -0.39 is 0 Å². The topological polar surface area (TPSA) is 30.7 Å². The van der Waals surface area contributed by atoms with E-state index in [9.17, 15) is 0 Å². The average molecular weight is 344 g/mol. The summed E-state index contributed by atoms with van der Waals surface area (Å²) in [4.78, 5) is 0. The van der Waals surface area contributed by atoms with Crippen LogP contribution in [0.25, 0.3) is 11.4 Å². The molecule has 5 heteroatoms. The van der Waals surface area contributed by atoms with Crippen LogP contribution in [0.15, 0.2) is 47.6 Å². The van der Waals surface area contributed by atoms with E-state index in [0.717, 1.165) is 22.3 Å². The van der Waals surface area contributed by atoms with E-state index in [2.05, 4.69) is 42.2 Å². The van der Waals surface area contributed by atoms with Crippen molar-refractivity contribution < 1.29 is 0 Å². The molecule has 0 bridgehead atoms. The Labute approximate surface area is 145 Å². The molecule has 0 spiro atoms. The molecule has 1 aromatic heterocycles. The molecule has 3 rings (SSSR count). The Balaban J connectivity index is 1.78. The van der Waals surface area contributed by atoms with Crippen LogP contribution in [-0.4, -0.2) is 14.8 Å². The normalized spacial score (nSPS) is 11.0. The molecule has 0 unspecified atom stereocenters. The Bertz CT molecular complexity index is 842. The zero-order valence-electron chi connectivity index (χ0n) is 13.4. The van der Waals surface area contributed by atoms with E-state index in [1.54, 1.807) is 11.8 Å². The van der Waals surface area contributed by atoms with Crippen LogP contribution in [0, 0.1) is 13.8 Å². The maximum Gasteiger partial charge on any atom is 0.191 e. The number of rotatable bonds is 4. The van der Waals surface area contributed by atoms with E-state index in [-0.39, 0.29) is 0 Å². The van der Waals surface area contributed by atoms with Gasteiger partial charge < -0.3 is 4.57 Å². The number of aromatic nitrogens is 3. The zero-order chi connectivity index (χ0) is 16.4. The molecular weight excluding hydrogens is 326 g/mol. The predicted molar refractivity (Wildman–Crippen MR) is 96.9 cm³/mol. The molecule has 1 heterocycles. The first-order valence-corrected chi connectivity index (χ1v) is 8.75. The van der Waals surface area contributed by atoms with Gasteiger partial charge in [-0.15, -0.1) is 10.2 Å². The minimum atomic E-state index is 0.704. The predicted octanol–water partition coefficient (Wildman–Crippen LogP) is 5.04. The largest absolute Gasteiger partial charge is 0.305 e. The Hall–Kier alpha value is -1.78. The molecule has 0 aliphatic carbocycles. The monoisotopic (exact) mass is 343 g/mol. The summed E-state index contributed by atoms with van der Waals surface area (Å²) in [6.07, 6.45) is 0. The van der Waals surface area contributed by atoms with Gasteiger partial charge in [0.15, 0.2) is 11.0 Å². The van der Waals surface area contributed by atoms with Gasteiger partial charge in [-0.1, -0.05) is 53.7 Å². The third-order valence-electron chi connectivity index (χ3n) is 3.86. The van der Waals surface area contributed by atoms with Gasteiger partial charge >= 0.3 is 0 Å². The van der Waals surface area contributed by atoms with Crippen LogP contribution in [0.5, 0.6) is 0 Å². The smallest absolute Gasteiger partial charge is 0.191 e. The molecule has 0 fully saturated rings. The molecule has 0 saturated heterocycles. The fourth-order valence-electron chi connectivity index (χ4n) is 2.36. The molecule has 0 radical (unpaired) electrons. The highest BCUT2D eigenvalue weighted by Crippen LogP contribution is 2.27. The number of thioether (sulfide) groups is 1. The highest BCUT2D eigenvalue weighted by molar-refractivity contribution is 7.98. The Kier molecular flexibility index (Phi) is 4.74. The number of aryl methyl sites for hydroxylation is 2. The van der Waals surface area contributed by atoms with Crippen molar-refractivity contribution in [2.45, 2.75) is 24.8 Å². The highest BCUT2D eigenvalue weighted by Gasteiger charge is 2.11. The number of benzene rings is 2. The van der Waals surface area contributed by atoms with E-state index in [1.807, 2.05) is 35.9 Å². The highest BCUT2D eigenvalue weighted by atomic mass is 35.5. The molecule has 0 atom stereocenters. The molecule has 0 aliphatic heterocycles. The lowest BCUT2D eigenvalue weighted by Crippen LogP contribution is -1.95. The summed E-state index contributed by atoms with van der Waals surface area (Å²) in [5.41, 5.74) is 4.91. The zero-order valence-corrected chi connectivity index (χ0v) is 14.9. The first-order chi connectivity index (χ1) is 11.0. The Morgan fingerprint density at radius 3 is 2.61 bits per heavy atom. The SMILES string of the molecule is Cc1ccc(CSc2nnc(-c3cccc(Cl)c3)n2C)cc1C. The van der Waals surface area contributed by atoms with Gasteiger partial charge in [-0.25, -0.2) is 0 Å². The van der Waals surface area contributed by atoms with Crippen molar-refractivity contribution in [3.05, 3.63) is 64.2 Å². The molecule has 23 heavy (non-hydrogen) atoms. The van der Waals surface area contributed by atoms with Crippen LogP contribution in [0.4, 0.5) is 0 Å². The summed E-state index contributed by atoms with van der Waals surface area (Å²) in [5, 5.41) is 10.2. The van der Waals surface area contributed by atoms with Crippen LogP contribution in [0.1, 0.15) is 16.7 Å². The third kappa shape index (κ3) is 3.59. The molecule has 2 aromatic carbocycles. The van der Waals surface area contributed by atoms with Gasteiger partial charge in [0.2, 0.25) is 0 Å². The first kappa shape index (κ1) is 16.1. The van der Waals surface area contributed by atoms with E-state index in [0.29, 0.717) is 5.02 Å². The van der Waals surface area contributed by atoms with Gasteiger partial charge in [-0.05, 0) is 42.7 Å². The number of hydrogen-bond donors (Lipinski definition) is 0. The van der Waals surface area contributed by atoms with Crippen molar-refractivity contribution in [3.8, 4) is 11.4 Å². The minimum Gasteiger partial charge on any atom is -0.305 e. The van der Waals surface area contributed by atoms with Crippen LogP contribution in [0.3, 0.4) is 0 Å². The van der Waals surface area contributed by atoms with Crippen LogP contribution >= 0.6 is 23.4 Å². The summed E-state index contributed by atoms with van der Waals surface area (Å²) < 4.78 is 2.01. The van der Waals surface area contributed by atoms with Crippen LogP contribution < -0.4 is 0 Å². The van der Waals surface area contributed by atoms with Crippen molar-refractivity contribution in [2.24, 2.45) is 7.05 Å². The van der Waals surface area contributed by atoms with Gasteiger partial charge in [0.25, 0.3) is 0 Å². The molecule has 3 aromatic rings. The number of nitrogens with zero attached hydrogens (tertiary/aromatic N) is 3. The number of hydrogen-bond acceptors (Lipinski definition) is 3. The van der Waals surface area contributed by atoms with Crippen LogP contribution in [0.2, 0.25) is 5.02 Å². The lowest BCUT2D eigenvalue weighted by Gasteiger charge is -2.06. The summed E-state index contributed by atoms with van der Waals surface area (Å²) in [6.45, 7) is 4.27. The Morgan fingerprint density at radius 1 is 1.04 bits per heavy atom. The molecule has 0 amide bonds. The molecule has 3 nitrogen and oxygen atoms in total. The molecule has 0 N–H and O–H groups in total. The molecular formula is C18H18ClN3S. The summed E-state index contributed by atoms with van der Waals surface area (Å²) in [7, 11) is 1.99. The molecule has 118 valence electrons. The van der Waals surface area contributed by atoms with Crippen molar-refractivity contribution >= 4 is 23.4 Å².